The van der Waals surface area contributed by atoms with Gasteiger partial charge < -0.3 is 19.9 Å². The summed E-state index contributed by atoms with van der Waals surface area (Å²) < 4.78 is 10.6. The van der Waals surface area contributed by atoms with Gasteiger partial charge in [0.2, 0.25) is 5.95 Å². The highest BCUT2D eigenvalue weighted by Gasteiger charge is 2.09. The number of hydrogen-bond acceptors (Lipinski definition) is 7. The zero-order chi connectivity index (χ0) is 15.1. The molecule has 0 aliphatic rings. The van der Waals surface area contributed by atoms with Crippen molar-refractivity contribution >= 4 is 5.95 Å². The van der Waals surface area contributed by atoms with Gasteiger partial charge in [0.15, 0.2) is 0 Å². The molecule has 0 spiro atoms. The molecule has 0 bridgehead atoms. The second-order valence-electron chi connectivity index (χ2n) is 4.26. The molecule has 112 valence electrons. The van der Waals surface area contributed by atoms with E-state index < -0.39 is 0 Å². The van der Waals surface area contributed by atoms with Gasteiger partial charge in [-0.05, 0) is 24.1 Å². The summed E-state index contributed by atoms with van der Waals surface area (Å²) in [5, 5.41) is 12.2. The van der Waals surface area contributed by atoms with E-state index in [2.05, 4.69) is 20.3 Å². The molecule has 1 aromatic heterocycles. The van der Waals surface area contributed by atoms with Crippen molar-refractivity contribution in [3.8, 4) is 17.8 Å². The van der Waals surface area contributed by atoms with E-state index in [0.717, 1.165) is 18.5 Å². The predicted octanol–water partition coefficient (Wildman–Crippen LogP) is 1.99. The van der Waals surface area contributed by atoms with Crippen molar-refractivity contribution in [2.75, 3.05) is 19.0 Å². The van der Waals surface area contributed by atoms with E-state index in [1.54, 1.807) is 24.3 Å². The molecule has 1 heterocycles. The fourth-order valence-corrected chi connectivity index (χ4v) is 1.60. The van der Waals surface area contributed by atoms with Gasteiger partial charge in [-0.25, -0.2) is 0 Å². The molecule has 21 heavy (non-hydrogen) atoms. The minimum atomic E-state index is -0.0545. The van der Waals surface area contributed by atoms with E-state index in [1.165, 1.54) is 7.11 Å². The predicted molar refractivity (Wildman–Crippen MR) is 77.6 cm³/mol. The third-order valence-electron chi connectivity index (χ3n) is 2.60. The van der Waals surface area contributed by atoms with Crippen LogP contribution in [-0.2, 0) is 6.61 Å². The van der Waals surface area contributed by atoms with Crippen LogP contribution in [0.3, 0.4) is 0 Å². The summed E-state index contributed by atoms with van der Waals surface area (Å²) >= 11 is 0. The maximum Gasteiger partial charge on any atom is 0.330 e. The molecule has 0 saturated carbocycles. The van der Waals surface area contributed by atoms with Crippen molar-refractivity contribution in [1.82, 2.24) is 15.0 Å². The smallest absolute Gasteiger partial charge is 0.330 e. The Hall–Kier alpha value is -2.41. The van der Waals surface area contributed by atoms with Gasteiger partial charge >= 0.3 is 12.0 Å². The van der Waals surface area contributed by atoms with Gasteiger partial charge in [-0.1, -0.05) is 19.1 Å². The number of aromatic nitrogens is 3. The van der Waals surface area contributed by atoms with Crippen molar-refractivity contribution < 1.29 is 14.6 Å². The third kappa shape index (κ3) is 4.28. The number of aliphatic hydroxyl groups excluding tert-OH is 1. The molecule has 0 atom stereocenters. The topological polar surface area (TPSA) is 89.4 Å². The Kier molecular flexibility index (Phi) is 5.28. The number of rotatable bonds is 7. The normalized spacial score (nSPS) is 10.2. The van der Waals surface area contributed by atoms with Crippen LogP contribution in [0.5, 0.6) is 17.8 Å². The Morgan fingerprint density at radius 3 is 2.71 bits per heavy atom. The van der Waals surface area contributed by atoms with Crippen LogP contribution in [0.1, 0.15) is 18.9 Å². The van der Waals surface area contributed by atoms with Crippen molar-refractivity contribution in [2.45, 2.75) is 20.0 Å². The van der Waals surface area contributed by atoms with Crippen molar-refractivity contribution in [2.24, 2.45) is 0 Å². The Labute approximate surface area is 123 Å². The molecule has 0 aliphatic carbocycles. The zero-order valence-corrected chi connectivity index (χ0v) is 12.0. The average Bonchev–Trinajstić information content (AvgIpc) is 2.52. The van der Waals surface area contributed by atoms with Crippen molar-refractivity contribution in [3.05, 3.63) is 29.8 Å². The first-order chi connectivity index (χ1) is 10.2. The number of methoxy groups -OCH3 is 1. The van der Waals surface area contributed by atoms with Crippen molar-refractivity contribution in [1.29, 1.82) is 0 Å². The summed E-state index contributed by atoms with van der Waals surface area (Å²) in [7, 11) is 1.48. The summed E-state index contributed by atoms with van der Waals surface area (Å²) in [6.45, 7) is 2.73. The van der Waals surface area contributed by atoms with Gasteiger partial charge in [-0.15, -0.1) is 4.98 Å². The fraction of sp³-hybridized carbons (Fsp3) is 0.357. The Morgan fingerprint density at radius 2 is 2.00 bits per heavy atom. The molecule has 0 saturated heterocycles. The molecule has 7 heteroatoms. The van der Waals surface area contributed by atoms with Crippen LogP contribution in [0.15, 0.2) is 24.3 Å². The highest BCUT2D eigenvalue weighted by Crippen LogP contribution is 2.21. The first kappa shape index (κ1) is 15.0. The standard InChI is InChI=1S/C14H18N4O3/c1-3-7-15-12-16-13(20-2)18-14(17-12)21-11-6-4-5-10(8-11)9-19/h4-6,8,19H,3,7,9H2,1-2H3,(H,15,16,17,18). The molecule has 2 aromatic rings. The second-order valence-corrected chi connectivity index (χ2v) is 4.26. The zero-order valence-electron chi connectivity index (χ0n) is 12.0. The molecule has 2 rings (SSSR count). The number of benzene rings is 1. The third-order valence-corrected chi connectivity index (χ3v) is 2.60. The van der Waals surface area contributed by atoms with Gasteiger partial charge in [-0.3, -0.25) is 0 Å². The van der Waals surface area contributed by atoms with Crippen LogP contribution < -0.4 is 14.8 Å². The van der Waals surface area contributed by atoms with Crippen molar-refractivity contribution in [3.63, 3.8) is 0 Å². The highest BCUT2D eigenvalue weighted by molar-refractivity contribution is 5.32. The fourth-order valence-electron chi connectivity index (χ4n) is 1.60. The quantitative estimate of drug-likeness (QED) is 0.806. The number of hydrogen-bond donors (Lipinski definition) is 2. The van der Waals surface area contributed by atoms with E-state index in [-0.39, 0.29) is 18.6 Å². The summed E-state index contributed by atoms with van der Waals surface area (Å²) in [5.74, 6) is 0.938. The van der Waals surface area contributed by atoms with Crippen LogP contribution in [0.2, 0.25) is 0 Å². The van der Waals surface area contributed by atoms with Gasteiger partial charge in [0.05, 0.1) is 13.7 Å². The van der Waals surface area contributed by atoms with Crippen LogP contribution in [0.4, 0.5) is 5.95 Å². The average molecular weight is 290 g/mol. The molecule has 0 amide bonds. The largest absolute Gasteiger partial charge is 0.467 e. The molecular weight excluding hydrogens is 272 g/mol. The van der Waals surface area contributed by atoms with E-state index in [1.807, 2.05) is 6.92 Å². The van der Waals surface area contributed by atoms with Crippen LogP contribution in [-0.4, -0.2) is 33.7 Å². The van der Waals surface area contributed by atoms with E-state index in [4.69, 9.17) is 14.6 Å². The lowest BCUT2D eigenvalue weighted by Gasteiger charge is -2.08. The molecular formula is C14H18N4O3. The van der Waals surface area contributed by atoms with E-state index in [0.29, 0.717) is 11.7 Å². The molecule has 1 aromatic carbocycles. The number of nitrogens with one attached hydrogen (secondary N) is 1. The Morgan fingerprint density at radius 1 is 1.19 bits per heavy atom. The number of anilines is 1. The van der Waals surface area contributed by atoms with Gasteiger partial charge in [0.1, 0.15) is 5.75 Å². The summed E-state index contributed by atoms with van der Waals surface area (Å²) in [5.41, 5.74) is 0.748. The monoisotopic (exact) mass is 290 g/mol. The maximum atomic E-state index is 9.12. The molecule has 2 N–H and O–H groups in total. The molecule has 7 nitrogen and oxygen atoms in total. The SMILES string of the molecule is CCCNc1nc(OC)nc(Oc2cccc(CO)c2)n1. The first-order valence-corrected chi connectivity index (χ1v) is 6.66. The van der Waals surface area contributed by atoms with Gasteiger partial charge in [0, 0.05) is 6.54 Å². The van der Waals surface area contributed by atoms with E-state index in [9.17, 15) is 0 Å². The lowest BCUT2D eigenvalue weighted by molar-refractivity contribution is 0.281. The van der Waals surface area contributed by atoms with Gasteiger partial charge in [-0.2, -0.15) is 9.97 Å². The first-order valence-electron chi connectivity index (χ1n) is 6.66. The Bertz CT molecular complexity index is 592. The highest BCUT2D eigenvalue weighted by atomic mass is 16.5. The second kappa shape index (κ2) is 7.39. The minimum absolute atomic E-state index is 0.0545. The Balaban J connectivity index is 2.21. The molecule has 0 fully saturated rings. The van der Waals surface area contributed by atoms with Crippen LogP contribution in [0, 0.1) is 0 Å². The number of aliphatic hydroxyl groups is 1. The van der Waals surface area contributed by atoms with Crippen LogP contribution in [0.25, 0.3) is 0 Å². The minimum Gasteiger partial charge on any atom is -0.467 e. The van der Waals surface area contributed by atoms with E-state index >= 15 is 0 Å². The summed E-state index contributed by atoms with van der Waals surface area (Å²) in [6, 6.07) is 7.38. The summed E-state index contributed by atoms with van der Waals surface area (Å²) in [4.78, 5) is 12.3. The molecule has 0 radical (unpaired) electrons. The molecule has 0 unspecified atom stereocenters. The lowest BCUT2D eigenvalue weighted by atomic mass is 10.2. The van der Waals surface area contributed by atoms with Crippen LogP contribution >= 0.6 is 0 Å². The van der Waals surface area contributed by atoms with Gasteiger partial charge in [0.25, 0.3) is 0 Å². The maximum absolute atomic E-state index is 9.12. The number of nitrogens with zero attached hydrogens (tertiary/aromatic N) is 3. The number of ether oxygens (including phenoxy) is 2. The lowest BCUT2D eigenvalue weighted by Crippen LogP contribution is -2.07. The summed E-state index contributed by atoms with van der Waals surface area (Å²) in [6.07, 6.45) is 0.947. The molecule has 0 aliphatic heterocycles.